The molecular weight excluding hydrogens is 364 g/mol. The largest absolute Gasteiger partial charge is 0.384 e. The van der Waals surface area contributed by atoms with E-state index in [1.807, 2.05) is 6.07 Å². The molecule has 1 aliphatic heterocycles. The summed E-state index contributed by atoms with van der Waals surface area (Å²) in [4.78, 5) is 4.18. The molecule has 2 aromatic heterocycles. The van der Waals surface area contributed by atoms with Crippen molar-refractivity contribution in [3.8, 4) is 0 Å². The number of aromatic amines is 1. The Labute approximate surface area is 152 Å². The second-order valence-corrected chi connectivity index (χ2v) is 8.77. The van der Waals surface area contributed by atoms with Gasteiger partial charge in [0, 0.05) is 38.6 Å². The Hall–Kier alpha value is -1.42. The molecule has 3 N–H and O–H groups in total. The molecule has 8 nitrogen and oxygen atoms in total. The van der Waals surface area contributed by atoms with Crippen molar-refractivity contribution in [3.63, 3.8) is 0 Å². The molecule has 0 radical (unpaired) electrons. The number of piperidine rings is 1. The fourth-order valence-electron chi connectivity index (χ4n) is 3.05. The lowest BCUT2D eigenvalue weighted by atomic mass is 9.98. The summed E-state index contributed by atoms with van der Waals surface area (Å²) in [6.45, 7) is 2.51. The lowest BCUT2D eigenvalue weighted by Crippen LogP contribution is -2.41. The van der Waals surface area contributed by atoms with Gasteiger partial charge in [-0.1, -0.05) is 11.6 Å². The molecule has 1 atom stereocenters. The fourth-order valence-corrected chi connectivity index (χ4v) is 4.73. The van der Waals surface area contributed by atoms with Gasteiger partial charge in [-0.2, -0.15) is 5.10 Å². The average Bonchev–Trinajstić information content (AvgIpc) is 3.00. The van der Waals surface area contributed by atoms with Crippen molar-refractivity contribution in [3.05, 3.63) is 17.4 Å². The maximum atomic E-state index is 12.4. The third-order valence-electron chi connectivity index (χ3n) is 4.55. The number of anilines is 1. The lowest BCUT2D eigenvalue weighted by molar-refractivity contribution is 0.215. The standard InChI is InChI=1S/C15H23ClN6O2S/c1-24-8-9-25(17,23)22-6-3-11(4-7-22)10-19-12-2-5-18-15-13(12)14(16)20-21-15/h2,5,11,17H,3-4,6-10H2,1H3,(H2,18,19,20,21)/t25-/m0/s1. The molecule has 0 unspecified atom stereocenters. The fraction of sp³-hybridized carbons (Fsp3) is 0.600. The lowest BCUT2D eigenvalue weighted by Gasteiger charge is -2.33. The van der Waals surface area contributed by atoms with Crippen LogP contribution in [-0.4, -0.2) is 62.8 Å². The Balaban J connectivity index is 1.55. The number of halogens is 1. The highest BCUT2D eigenvalue weighted by atomic mass is 35.5. The molecule has 0 amide bonds. The molecule has 2 aromatic rings. The predicted molar refractivity (Wildman–Crippen MR) is 99.3 cm³/mol. The zero-order valence-corrected chi connectivity index (χ0v) is 15.7. The van der Waals surface area contributed by atoms with Gasteiger partial charge in [-0.05, 0) is 24.8 Å². The summed E-state index contributed by atoms with van der Waals surface area (Å²) < 4.78 is 27.2. The average molecular weight is 387 g/mol. The smallest absolute Gasteiger partial charge is 0.184 e. The Morgan fingerprint density at radius 1 is 1.52 bits per heavy atom. The number of aromatic nitrogens is 3. The van der Waals surface area contributed by atoms with Crippen LogP contribution in [0.5, 0.6) is 0 Å². The molecule has 0 spiro atoms. The molecule has 0 bridgehead atoms. The van der Waals surface area contributed by atoms with E-state index in [0.717, 1.165) is 30.5 Å². The zero-order chi connectivity index (χ0) is 17.9. The van der Waals surface area contributed by atoms with Crippen molar-refractivity contribution in [2.24, 2.45) is 5.92 Å². The predicted octanol–water partition coefficient (Wildman–Crippen LogP) is 2.34. The Morgan fingerprint density at radius 3 is 3.00 bits per heavy atom. The van der Waals surface area contributed by atoms with Gasteiger partial charge in [0.25, 0.3) is 0 Å². The van der Waals surface area contributed by atoms with Gasteiger partial charge in [0.2, 0.25) is 0 Å². The molecule has 1 fully saturated rings. The third kappa shape index (κ3) is 4.22. The minimum absolute atomic E-state index is 0.264. The van der Waals surface area contributed by atoms with Crippen molar-refractivity contribution >= 4 is 38.2 Å². The molecule has 0 aliphatic carbocycles. The summed E-state index contributed by atoms with van der Waals surface area (Å²) >= 11 is 6.14. The zero-order valence-electron chi connectivity index (χ0n) is 14.1. The summed E-state index contributed by atoms with van der Waals surface area (Å²) in [6.07, 6.45) is 3.52. The first-order valence-electron chi connectivity index (χ1n) is 8.24. The molecule has 1 aliphatic rings. The van der Waals surface area contributed by atoms with Crippen molar-refractivity contribution in [2.75, 3.05) is 44.4 Å². The van der Waals surface area contributed by atoms with E-state index < -0.39 is 9.92 Å². The quantitative estimate of drug-likeness (QED) is 0.677. The molecule has 25 heavy (non-hydrogen) atoms. The molecule has 138 valence electrons. The van der Waals surface area contributed by atoms with E-state index in [1.54, 1.807) is 17.6 Å². The summed E-state index contributed by atoms with van der Waals surface area (Å²) in [6, 6.07) is 1.89. The van der Waals surface area contributed by atoms with Gasteiger partial charge >= 0.3 is 0 Å². The van der Waals surface area contributed by atoms with Crippen LogP contribution in [0.15, 0.2) is 12.3 Å². The minimum atomic E-state index is -2.71. The topological polar surface area (TPSA) is 107 Å². The Bertz CT molecular complexity index is 817. The molecule has 3 rings (SSSR count). The molecule has 1 saturated heterocycles. The van der Waals surface area contributed by atoms with Crippen LogP contribution < -0.4 is 5.32 Å². The van der Waals surface area contributed by atoms with Crippen LogP contribution >= 0.6 is 11.6 Å². The number of hydrogen-bond donors (Lipinski definition) is 3. The maximum absolute atomic E-state index is 12.4. The molecule has 10 heteroatoms. The molecule has 0 aromatic carbocycles. The van der Waals surface area contributed by atoms with Crippen molar-refractivity contribution in [2.45, 2.75) is 12.8 Å². The van der Waals surface area contributed by atoms with E-state index in [9.17, 15) is 4.21 Å². The first kappa shape index (κ1) is 18.4. The number of rotatable bonds is 7. The highest BCUT2D eigenvalue weighted by molar-refractivity contribution is 7.90. The summed E-state index contributed by atoms with van der Waals surface area (Å²) in [5.74, 6) is 0.725. The Morgan fingerprint density at radius 2 is 2.28 bits per heavy atom. The van der Waals surface area contributed by atoms with E-state index in [2.05, 4.69) is 20.5 Å². The monoisotopic (exact) mass is 386 g/mol. The van der Waals surface area contributed by atoms with Crippen molar-refractivity contribution in [1.82, 2.24) is 19.5 Å². The number of ether oxygens (including phenoxy) is 1. The van der Waals surface area contributed by atoms with E-state index in [4.69, 9.17) is 21.1 Å². The summed E-state index contributed by atoms with van der Waals surface area (Å²) in [7, 11) is -1.15. The van der Waals surface area contributed by atoms with E-state index in [-0.39, 0.29) is 5.75 Å². The molecular formula is C15H23ClN6O2S. The highest BCUT2D eigenvalue weighted by Gasteiger charge is 2.25. The second-order valence-electron chi connectivity index (χ2n) is 6.19. The van der Waals surface area contributed by atoms with Gasteiger partial charge in [-0.15, -0.1) is 0 Å². The van der Waals surface area contributed by atoms with Crippen LogP contribution in [0.4, 0.5) is 5.69 Å². The summed E-state index contributed by atoms with van der Waals surface area (Å²) in [5, 5.41) is 11.5. The first-order chi connectivity index (χ1) is 12.0. The maximum Gasteiger partial charge on any atom is 0.184 e. The normalized spacial score (nSPS) is 19.1. The van der Waals surface area contributed by atoms with E-state index in [0.29, 0.717) is 36.4 Å². The number of pyridine rings is 1. The van der Waals surface area contributed by atoms with Crippen LogP contribution in [0.1, 0.15) is 12.8 Å². The van der Waals surface area contributed by atoms with Crippen molar-refractivity contribution < 1.29 is 8.95 Å². The van der Waals surface area contributed by atoms with Crippen LogP contribution in [-0.2, 0) is 14.7 Å². The number of methoxy groups -OCH3 is 1. The van der Waals surface area contributed by atoms with E-state index in [1.165, 1.54) is 0 Å². The Kier molecular flexibility index (Phi) is 5.78. The number of fused-ring (bicyclic) bond motifs is 1. The number of hydrogen-bond acceptors (Lipinski definition) is 6. The number of nitrogens with one attached hydrogen (secondary N) is 3. The first-order valence-corrected chi connectivity index (χ1v) is 10.3. The van der Waals surface area contributed by atoms with Gasteiger partial charge in [0.05, 0.1) is 17.7 Å². The summed E-state index contributed by atoms with van der Waals surface area (Å²) in [5.41, 5.74) is 1.51. The number of H-pyrrole nitrogens is 1. The SMILES string of the molecule is COCC[S@@](=N)(=O)N1CCC(CNc2ccnc3n[nH]c(Cl)c23)CC1. The van der Waals surface area contributed by atoms with Crippen LogP contribution in [0, 0.1) is 10.7 Å². The van der Waals surface area contributed by atoms with Gasteiger partial charge in [-0.25, -0.2) is 18.3 Å². The molecule has 3 heterocycles. The minimum Gasteiger partial charge on any atom is -0.384 e. The van der Waals surface area contributed by atoms with Gasteiger partial charge in [0.15, 0.2) is 5.65 Å². The van der Waals surface area contributed by atoms with Gasteiger partial charge in [0.1, 0.15) is 15.1 Å². The number of nitrogens with zero attached hydrogens (tertiary/aromatic N) is 3. The molecule has 0 saturated carbocycles. The van der Waals surface area contributed by atoms with Crippen molar-refractivity contribution in [1.29, 1.82) is 4.78 Å². The van der Waals surface area contributed by atoms with Crippen LogP contribution in [0.2, 0.25) is 5.15 Å². The second kappa shape index (κ2) is 7.86. The van der Waals surface area contributed by atoms with Crippen LogP contribution in [0.25, 0.3) is 11.0 Å². The third-order valence-corrected chi connectivity index (χ3v) is 6.74. The van der Waals surface area contributed by atoms with E-state index >= 15 is 0 Å². The van der Waals surface area contributed by atoms with Crippen LogP contribution in [0.3, 0.4) is 0 Å². The van der Waals surface area contributed by atoms with Gasteiger partial charge in [-0.3, -0.25) is 5.10 Å². The highest BCUT2D eigenvalue weighted by Crippen LogP contribution is 2.28. The van der Waals surface area contributed by atoms with Gasteiger partial charge < -0.3 is 10.1 Å².